The lowest BCUT2D eigenvalue weighted by Gasteiger charge is -2.32. The number of halogens is 3. The van der Waals surface area contributed by atoms with Gasteiger partial charge in [-0.25, -0.2) is 4.79 Å². The number of benzene rings is 1. The van der Waals surface area contributed by atoms with Gasteiger partial charge in [0.15, 0.2) is 0 Å². The van der Waals surface area contributed by atoms with E-state index in [4.69, 9.17) is 9.47 Å². The van der Waals surface area contributed by atoms with Gasteiger partial charge in [-0.2, -0.15) is 13.2 Å². The van der Waals surface area contributed by atoms with Crippen LogP contribution in [0, 0.1) is 0 Å². The molecule has 0 unspecified atom stereocenters. The first-order chi connectivity index (χ1) is 18.2. The molecule has 2 aromatic rings. The molecule has 0 radical (unpaired) electrons. The van der Waals surface area contributed by atoms with E-state index in [0.29, 0.717) is 45.4 Å². The maximum Gasteiger partial charge on any atom is 0.416 e. The minimum absolute atomic E-state index is 0.0219. The second kappa shape index (κ2) is 12.5. The summed E-state index contributed by atoms with van der Waals surface area (Å²) in [4.78, 5) is 30.0. The molecule has 1 saturated heterocycles. The average Bonchev–Trinajstić information content (AvgIpc) is 2.89. The number of pyridine rings is 1. The van der Waals surface area contributed by atoms with Crippen LogP contribution in [-0.2, 0) is 22.3 Å². The van der Waals surface area contributed by atoms with E-state index in [1.54, 1.807) is 17.3 Å². The van der Waals surface area contributed by atoms with Crippen molar-refractivity contribution in [3.8, 4) is 5.75 Å². The Labute approximate surface area is 219 Å². The van der Waals surface area contributed by atoms with Crippen LogP contribution >= 0.6 is 0 Å². The quantitative estimate of drug-likeness (QED) is 0.513. The molecule has 0 bridgehead atoms. The second-order valence-corrected chi connectivity index (χ2v) is 9.77. The molecule has 38 heavy (non-hydrogen) atoms. The Morgan fingerprint density at radius 2 is 1.68 bits per heavy atom. The summed E-state index contributed by atoms with van der Waals surface area (Å²) in [5, 5.41) is 5.44. The molecule has 1 aliphatic heterocycles. The summed E-state index contributed by atoms with van der Waals surface area (Å²) in [6.45, 7) is 3.02. The highest BCUT2D eigenvalue weighted by Crippen LogP contribution is 2.36. The lowest BCUT2D eigenvalue weighted by Crippen LogP contribution is -2.41. The normalized spacial score (nSPS) is 20.6. The van der Waals surface area contributed by atoms with Gasteiger partial charge in [0.25, 0.3) is 0 Å². The van der Waals surface area contributed by atoms with Crippen molar-refractivity contribution in [3.63, 3.8) is 0 Å². The summed E-state index contributed by atoms with van der Waals surface area (Å²) in [6.07, 6.45) is 2.75. The van der Waals surface area contributed by atoms with E-state index in [0.717, 1.165) is 30.5 Å². The van der Waals surface area contributed by atoms with Crippen molar-refractivity contribution in [2.24, 2.45) is 0 Å². The van der Waals surface area contributed by atoms with Crippen molar-refractivity contribution in [1.29, 1.82) is 0 Å². The first kappa shape index (κ1) is 27.7. The Morgan fingerprint density at radius 1 is 1.00 bits per heavy atom. The van der Waals surface area contributed by atoms with Gasteiger partial charge in [-0.05, 0) is 61.6 Å². The predicted octanol–water partition coefficient (Wildman–Crippen LogP) is 5.14. The monoisotopic (exact) mass is 534 g/mol. The number of nitrogens with zero attached hydrogens (tertiary/aromatic N) is 2. The topological polar surface area (TPSA) is 92.8 Å². The molecule has 1 aromatic carbocycles. The van der Waals surface area contributed by atoms with Crippen LogP contribution in [0.4, 0.5) is 23.7 Å². The fourth-order valence-corrected chi connectivity index (χ4v) is 4.79. The highest BCUT2D eigenvalue weighted by molar-refractivity contribution is 5.91. The first-order valence-electron chi connectivity index (χ1n) is 12.9. The molecule has 2 heterocycles. The van der Waals surface area contributed by atoms with Crippen molar-refractivity contribution in [2.45, 2.75) is 76.5 Å². The van der Waals surface area contributed by atoms with Gasteiger partial charge in [0.05, 0.1) is 24.0 Å². The molecular weight excluding hydrogens is 501 g/mol. The highest BCUT2D eigenvalue weighted by Gasteiger charge is 2.32. The molecule has 3 amide bonds. The fraction of sp³-hybridized carbons (Fsp3) is 0.519. The van der Waals surface area contributed by atoms with Gasteiger partial charge in [-0.3, -0.25) is 9.78 Å². The molecule has 4 rings (SSSR count). The van der Waals surface area contributed by atoms with Gasteiger partial charge in [0.2, 0.25) is 5.91 Å². The molecule has 0 spiro atoms. The fourth-order valence-electron chi connectivity index (χ4n) is 4.79. The number of urea groups is 1. The summed E-state index contributed by atoms with van der Waals surface area (Å²) < 4.78 is 52.1. The van der Waals surface area contributed by atoms with Crippen molar-refractivity contribution in [1.82, 2.24) is 15.2 Å². The number of aromatic nitrogens is 1. The Hall–Kier alpha value is -3.34. The SMILES string of the molecule is CC(=O)N1CCC(Oc2ccc(C(F)(F)F)cc2NC(=O)N[C@H]2CC[C@H](OCc3ccncc3)CC2)CC1. The van der Waals surface area contributed by atoms with E-state index in [1.165, 1.54) is 13.0 Å². The number of amides is 3. The van der Waals surface area contributed by atoms with Crippen LogP contribution in [0.1, 0.15) is 56.6 Å². The summed E-state index contributed by atoms with van der Waals surface area (Å²) >= 11 is 0. The van der Waals surface area contributed by atoms with E-state index in [9.17, 15) is 22.8 Å². The largest absolute Gasteiger partial charge is 0.488 e. The van der Waals surface area contributed by atoms with Gasteiger partial charge >= 0.3 is 12.2 Å². The number of hydrogen-bond acceptors (Lipinski definition) is 5. The van der Waals surface area contributed by atoms with Crippen molar-refractivity contribution >= 4 is 17.6 Å². The predicted molar refractivity (Wildman–Crippen MR) is 135 cm³/mol. The minimum Gasteiger partial charge on any atom is -0.488 e. The number of ether oxygens (including phenoxy) is 2. The van der Waals surface area contributed by atoms with Crippen LogP contribution in [0.2, 0.25) is 0 Å². The molecule has 8 nitrogen and oxygen atoms in total. The van der Waals surface area contributed by atoms with Crippen molar-refractivity contribution < 1.29 is 32.2 Å². The van der Waals surface area contributed by atoms with Gasteiger partial charge in [-0.15, -0.1) is 0 Å². The van der Waals surface area contributed by atoms with Gasteiger partial charge in [0, 0.05) is 51.3 Å². The third-order valence-electron chi connectivity index (χ3n) is 6.98. The maximum atomic E-state index is 13.4. The molecule has 2 fully saturated rings. The molecule has 2 N–H and O–H groups in total. The number of rotatable bonds is 7. The van der Waals surface area contributed by atoms with Crippen LogP contribution in [-0.4, -0.2) is 53.2 Å². The molecular formula is C27H33F3N4O4. The zero-order valence-corrected chi connectivity index (χ0v) is 21.3. The smallest absolute Gasteiger partial charge is 0.416 e. The molecule has 1 saturated carbocycles. The van der Waals surface area contributed by atoms with E-state index < -0.39 is 17.8 Å². The Morgan fingerprint density at radius 3 is 2.32 bits per heavy atom. The lowest BCUT2D eigenvalue weighted by atomic mass is 9.93. The molecule has 0 atom stereocenters. The van der Waals surface area contributed by atoms with Gasteiger partial charge in [-0.1, -0.05) is 0 Å². The van der Waals surface area contributed by atoms with Crippen molar-refractivity contribution in [3.05, 3.63) is 53.9 Å². The highest BCUT2D eigenvalue weighted by atomic mass is 19.4. The summed E-state index contributed by atoms with van der Waals surface area (Å²) in [7, 11) is 0. The van der Waals surface area contributed by atoms with Crippen LogP contribution in [0.15, 0.2) is 42.7 Å². The molecule has 1 aliphatic carbocycles. The van der Waals surface area contributed by atoms with E-state index in [-0.39, 0.29) is 35.6 Å². The van der Waals surface area contributed by atoms with Crippen LogP contribution < -0.4 is 15.4 Å². The number of anilines is 1. The third-order valence-corrected chi connectivity index (χ3v) is 6.98. The minimum atomic E-state index is -4.56. The molecule has 2 aliphatic rings. The number of likely N-dealkylation sites (tertiary alicyclic amines) is 1. The summed E-state index contributed by atoms with van der Waals surface area (Å²) in [5.74, 6) is 0.147. The average molecular weight is 535 g/mol. The second-order valence-electron chi connectivity index (χ2n) is 9.77. The maximum absolute atomic E-state index is 13.4. The number of alkyl halides is 3. The molecule has 11 heteroatoms. The van der Waals surface area contributed by atoms with Crippen LogP contribution in [0.25, 0.3) is 0 Å². The van der Waals surface area contributed by atoms with E-state index >= 15 is 0 Å². The lowest BCUT2D eigenvalue weighted by molar-refractivity contribution is -0.137. The zero-order chi connectivity index (χ0) is 27.1. The zero-order valence-electron chi connectivity index (χ0n) is 21.3. The van der Waals surface area contributed by atoms with E-state index in [2.05, 4.69) is 15.6 Å². The van der Waals surface area contributed by atoms with Gasteiger partial charge < -0.3 is 25.0 Å². The van der Waals surface area contributed by atoms with Crippen LogP contribution in [0.3, 0.4) is 0 Å². The standard InChI is InChI=1S/C27H33F3N4O4/c1-18(35)34-14-10-23(11-15-34)38-25-7-2-20(27(28,29)30)16-24(25)33-26(36)32-21-3-5-22(6-4-21)37-17-19-8-12-31-13-9-19/h2,7-9,12-13,16,21-23H,3-6,10-11,14-15,17H2,1H3,(H2,32,33,36)/t21-,22-. The third kappa shape index (κ3) is 7.83. The molecule has 1 aromatic heterocycles. The number of carbonyl (C=O) groups is 2. The Balaban J connectivity index is 1.31. The van der Waals surface area contributed by atoms with Gasteiger partial charge in [0.1, 0.15) is 11.9 Å². The van der Waals surface area contributed by atoms with Crippen molar-refractivity contribution in [2.75, 3.05) is 18.4 Å². The van der Waals surface area contributed by atoms with E-state index in [1.807, 2.05) is 12.1 Å². The number of nitrogens with one attached hydrogen (secondary N) is 2. The van der Waals surface area contributed by atoms with Crippen LogP contribution in [0.5, 0.6) is 5.75 Å². The Bertz CT molecular complexity index is 1080. The summed E-state index contributed by atoms with van der Waals surface area (Å²) in [6, 6.07) is 6.18. The molecule has 206 valence electrons. The number of piperidine rings is 1. The number of carbonyl (C=O) groups excluding carboxylic acids is 2. The Kier molecular flexibility index (Phi) is 9.09. The number of hydrogen-bond donors (Lipinski definition) is 2. The summed E-state index contributed by atoms with van der Waals surface area (Å²) in [5.41, 5.74) is 0.127. The first-order valence-corrected chi connectivity index (χ1v) is 12.9.